The first-order chi connectivity index (χ1) is 35.1. The summed E-state index contributed by atoms with van der Waals surface area (Å²) in [6, 6.07) is 27.8. The van der Waals surface area contributed by atoms with E-state index in [0.717, 1.165) is 68.0 Å². The fourth-order valence-corrected chi connectivity index (χ4v) is 15.0. The molecule has 8 aromatic rings. The Morgan fingerprint density at radius 1 is 0.366 bits per heavy atom. The molecular formula is C60H80N6S5. The lowest BCUT2D eigenvalue weighted by atomic mass is 10.1. The predicted octanol–water partition coefficient (Wildman–Crippen LogP) is 20.8. The van der Waals surface area contributed by atoms with Gasteiger partial charge < -0.3 is 9.80 Å². The third-order valence-electron chi connectivity index (χ3n) is 14.2. The van der Waals surface area contributed by atoms with Gasteiger partial charge >= 0.3 is 0 Å². The number of thiazole rings is 2. The van der Waals surface area contributed by atoms with E-state index in [1.807, 2.05) is 0 Å². The molecule has 0 saturated heterocycles. The number of thiophene rings is 2. The van der Waals surface area contributed by atoms with Crippen LogP contribution in [0.4, 0.5) is 11.4 Å². The van der Waals surface area contributed by atoms with Crippen LogP contribution in [0.15, 0.2) is 72.8 Å². The van der Waals surface area contributed by atoms with Crippen LogP contribution in [0.1, 0.15) is 182 Å². The second-order valence-corrected chi connectivity index (χ2v) is 24.5. The zero-order valence-corrected chi connectivity index (χ0v) is 47.5. The fraction of sp³-hybridized carbons (Fsp3) is 0.533. The number of fused-ring (bicyclic) bond motifs is 3. The summed E-state index contributed by atoms with van der Waals surface area (Å²) in [6.07, 6.45) is 32.1. The van der Waals surface area contributed by atoms with Crippen molar-refractivity contribution in [3.8, 4) is 42.0 Å². The SMILES string of the molecule is CCCCCCCCN(CCCCCCCC)c1ccc(-c2cc3sc(-c4ccc(-c5nc6sc(-c7ccc(N(CCCCCCCC)CCCCCCCC)cc7)cc6s5)c5nsnc45)nc3s2)cc1. The summed E-state index contributed by atoms with van der Waals surface area (Å²) in [5.74, 6) is 0. The van der Waals surface area contributed by atoms with Gasteiger partial charge in [-0.2, -0.15) is 8.75 Å². The highest BCUT2D eigenvalue weighted by molar-refractivity contribution is 7.31. The molecule has 0 aliphatic rings. The van der Waals surface area contributed by atoms with Crippen molar-refractivity contribution in [3.05, 3.63) is 72.8 Å². The maximum absolute atomic E-state index is 5.21. The zero-order valence-electron chi connectivity index (χ0n) is 43.5. The maximum atomic E-state index is 5.21. The van der Waals surface area contributed by atoms with Crippen LogP contribution in [-0.4, -0.2) is 44.9 Å². The molecule has 0 radical (unpaired) electrons. The van der Waals surface area contributed by atoms with Crippen molar-refractivity contribution < 1.29 is 0 Å². The molecule has 0 N–H and O–H groups in total. The van der Waals surface area contributed by atoms with Crippen LogP contribution in [0, 0.1) is 0 Å². The molecule has 0 amide bonds. The van der Waals surface area contributed by atoms with Crippen LogP contribution in [0.3, 0.4) is 0 Å². The van der Waals surface area contributed by atoms with Gasteiger partial charge in [0.05, 0.1) is 21.1 Å². The minimum Gasteiger partial charge on any atom is -0.372 e. The summed E-state index contributed by atoms with van der Waals surface area (Å²) in [7, 11) is 0. The number of nitrogens with zero attached hydrogens (tertiary/aromatic N) is 6. The van der Waals surface area contributed by atoms with E-state index < -0.39 is 0 Å². The first kappa shape index (κ1) is 53.5. The number of unbranched alkanes of at least 4 members (excludes halogenated alkanes) is 20. The summed E-state index contributed by atoms with van der Waals surface area (Å²) in [5.41, 5.74) is 9.20. The van der Waals surface area contributed by atoms with Crippen molar-refractivity contribution in [3.63, 3.8) is 0 Å². The Morgan fingerprint density at radius 3 is 1.01 bits per heavy atom. The van der Waals surface area contributed by atoms with Crippen LogP contribution in [0.5, 0.6) is 0 Å². The second kappa shape index (κ2) is 28.6. The smallest absolute Gasteiger partial charge is 0.135 e. The molecule has 0 fully saturated rings. The van der Waals surface area contributed by atoms with Gasteiger partial charge in [0.1, 0.15) is 30.7 Å². The van der Waals surface area contributed by atoms with Gasteiger partial charge in [-0.25, -0.2) is 9.97 Å². The lowest BCUT2D eigenvalue weighted by Gasteiger charge is -2.25. The molecule has 0 unspecified atom stereocenters. The van der Waals surface area contributed by atoms with Crippen molar-refractivity contribution in [2.45, 2.75) is 182 Å². The summed E-state index contributed by atoms with van der Waals surface area (Å²) in [6.45, 7) is 13.8. The minimum absolute atomic E-state index is 0.914. The molecule has 0 aliphatic carbocycles. The zero-order chi connectivity index (χ0) is 49.0. The molecule has 0 spiro atoms. The first-order valence-corrected chi connectivity index (χ1v) is 31.8. The first-order valence-electron chi connectivity index (χ1n) is 27.8. The standard InChI is InChI=1S/C60H80N6S5/c1-5-9-13-17-21-25-39-65(40-26-22-18-14-10-6-2)47-33-29-45(30-34-47)51-43-53-59(67-51)61-57(69-53)49-37-38-50(56-55(49)63-71-64-56)58-62-60-54(70-58)44-52(68-60)46-31-35-48(36-32-46)66(41-27-23-19-15-11-7-3)42-28-24-20-16-12-8-4/h29-38,43-44H,5-28,39-42H2,1-4H3. The van der Waals surface area contributed by atoms with E-state index in [1.165, 1.54) is 207 Å². The third-order valence-corrected chi connectivity index (χ3v) is 19.2. The van der Waals surface area contributed by atoms with Crippen LogP contribution in [-0.2, 0) is 0 Å². The van der Waals surface area contributed by atoms with Gasteiger partial charge in [-0.3, -0.25) is 0 Å². The van der Waals surface area contributed by atoms with Gasteiger partial charge in [0.25, 0.3) is 0 Å². The molecule has 3 aromatic carbocycles. The van der Waals surface area contributed by atoms with Gasteiger partial charge in [-0.1, -0.05) is 180 Å². The molecule has 11 heteroatoms. The van der Waals surface area contributed by atoms with Crippen LogP contribution in [0.25, 0.3) is 72.1 Å². The lowest BCUT2D eigenvalue weighted by molar-refractivity contribution is 0.575. The Hall–Kier alpha value is -3.74. The minimum atomic E-state index is 0.914. The van der Waals surface area contributed by atoms with Crippen LogP contribution in [0.2, 0.25) is 0 Å². The highest BCUT2D eigenvalue weighted by Gasteiger charge is 2.21. The van der Waals surface area contributed by atoms with Crippen LogP contribution < -0.4 is 9.80 Å². The Balaban J connectivity index is 0.913. The summed E-state index contributed by atoms with van der Waals surface area (Å²) in [5, 5.41) is 2.00. The number of hydrogen-bond acceptors (Lipinski definition) is 11. The summed E-state index contributed by atoms with van der Waals surface area (Å²) in [4.78, 5) is 20.4. The van der Waals surface area contributed by atoms with E-state index in [2.05, 4.69) is 110 Å². The van der Waals surface area contributed by atoms with Crippen molar-refractivity contribution in [2.24, 2.45) is 0 Å². The Bertz CT molecular complexity index is 2480. The van der Waals surface area contributed by atoms with E-state index in [0.29, 0.717) is 0 Å². The topological polar surface area (TPSA) is 58.0 Å². The normalized spacial score (nSPS) is 11.8. The van der Waals surface area contributed by atoms with Gasteiger partial charge in [0.2, 0.25) is 0 Å². The van der Waals surface area contributed by atoms with E-state index in [4.69, 9.17) is 18.7 Å². The van der Waals surface area contributed by atoms with Crippen molar-refractivity contribution in [1.82, 2.24) is 18.7 Å². The monoisotopic (exact) mass is 1040 g/mol. The molecule has 0 saturated carbocycles. The van der Waals surface area contributed by atoms with Crippen LogP contribution >= 0.6 is 57.1 Å². The van der Waals surface area contributed by atoms with Crippen molar-refractivity contribution in [2.75, 3.05) is 36.0 Å². The number of rotatable bonds is 34. The number of anilines is 2. The number of aromatic nitrogens is 4. The average molecular weight is 1050 g/mol. The fourth-order valence-electron chi connectivity index (χ4n) is 9.94. The highest BCUT2D eigenvalue weighted by atomic mass is 32.1. The Morgan fingerprint density at radius 2 is 0.690 bits per heavy atom. The molecule has 8 rings (SSSR count). The summed E-state index contributed by atoms with van der Waals surface area (Å²) < 4.78 is 12.1. The molecule has 380 valence electrons. The predicted molar refractivity (Wildman–Crippen MR) is 319 cm³/mol. The van der Waals surface area contributed by atoms with E-state index in [9.17, 15) is 0 Å². The van der Waals surface area contributed by atoms with Gasteiger partial charge in [-0.05, 0) is 85.3 Å². The highest BCUT2D eigenvalue weighted by Crippen LogP contribution is 2.45. The van der Waals surface area contributed by atoms with Gasteiger partial charge in [-0.15, -0.1) is 45.3 Å². The molecule has 0 atom stereocenters. The second-order valence-electron chi connectivity index (χ2n) is 19.9. The van der Waals surface area contributed by atoms with E-state index in [1.54, 1.807) is 45.3 Å². The van der Waals surface area contributed by atoms with Crippen molar-refractivity contribution >= 4 is 98.5 Å². The molecule has 6 nitrogen and oxygen atoms in total. The van der Waals surface area contributed by atoms with E-state index >= 15 is 0 Å². The molecule has 71 heavy (non-hydrogen) atoms. The number of benzene rings is 3. The van der Waals surface area contributed by atoms with Gasteiger partial charge in [0.15, 0.2) is 0 Å². The molecule has 5 heterocycles. The number of hydrogen-bond donors (Lipinski definition) is 0. The van der Waals surface area contributed by atoms with Gasteiger partial charge in [0, 0.05) is 58.4 Å². The largest absolute Gasteiger partial charge is 0.372 e. The maximum Gasteiger partial charge on any atom is 0.135 e. The summed E-state index contributed by atoms with van der Waals surface area (Å²) >= 11 is 8.38. The molecule has 0 aliphatic heterocycles. The average Bonchev–Trinajstić information content (AvgIpc) is 4.25. The quantitative estimate of drug-likeness (QED) is 0.0375. The molecule has 5 aromatic heterocycles. The molecule has 0 bridgehead atoms. The molecular weight excluding hydrogens is 965 g/mol. The lowest BCUT2D eigenvalue weighted by Crippen LogP contribution is -2.25. The Labute approximate surface area is 446 Å². The Kier molecular flexibility index (Phi) is 21.6. The van der Waals surface area contributed by atoms with E-state index in [-0.39, 0.29) is 0 Å². The third kappa shape index (κ3) is 15.0. The van der Waals surface area contributed by atoms with Crippen molar-refractivity contribution in [1.29, 1.82) is 0 Å².